The van der Waals surface area contributed by atoms with E-state index in [1.54, 1.807) is 0 Å². The first-order valence-corrected chi connectivity index (χ1v) is 13.1. The van der Waals surface area contributed by atoms with Crippen LogP contribution < -0.4 is 0 Å². The Hall–Kier alpha value is -3.40. The summed E-state index contributed by atoms with van der Waals surface area (Å²) < 4.78 is 5.62. The monoisotopic (exact) mass is 482 g/mol. The van der Waals surface area contributed by atoms with Crippen LogP contribution in [0.1, 0.15) is 80.2 Å². The number of nitrogens with zero attached hydrogens (tertiary/aromatic N) is 1. The van der Waals surface area contributed by atoms with Crippen molar-refractivity contribution < 1.29 is 9.53 Å². The van der Waals surface area contributed by atoms with Crippen LogP contribution in [0.5, 0.6) is 0 Å². The van der Waals surface area contributed by atoms with Gasteiger partial charge in [0.2, 0.25) is 0 Å². The van der Waals surface area contributed by atoms with Gasteiger partial charge in [-0.1, -0.05) is 63.6 Å². The Kier molecular flexibility index (Phi) is 7.93. The number of fused-ring (bicyclic) bond motifs is 1. The highest BCUT2D eigenvalue weighted by molar-refractivity contribution is 5.85. The molecule has 1 N–H and O–H groups in total. The molecule has 2 heterocycles. The van der Waals surface area contributed by atoms with Crippen molar-refractivity contribution in [2.75, 3.05) is 6.61 Å². The summed E-state index contributed by atoms with van der Waals surface area (Å²) in [5.74, 6) is -0.168. The maximum atomic E-state index is 13.4. The summed E-state index contributed by atoms with van der Waals surface area (Å²) in [6.07, 6.45) is 7.37. The van der Waals surface area contributed by atoms with Crippen molar-refractivity contribution in [2.24, 2.45) is 5.92 Å². The van der Waals surface area contributed by atoms with Gasteiger partial charge in [-0.3, -0.25) is 9.78 Å². The Morgan fingerprint density at radius 1 is 1.03 bits per heavy atom. The quantitative estimate of drug-likeness (QED) is 0.245. The fraction of sp³-hybridized carbons (Fsp3) is 0.375. The number of H-pyrrole nitrogens is 1. The molecule has 36 heavy (non-hydrogen) atoms. The molecular formula is C32H38N2O2. The number of aryl methyl sites for hydroxylation is 2. The van der Waals surface area contributed by atoms with E-state index < -0.39 is 0 Å². The molecule has 0 aliphatic rings. The number of hydrogen-bond donors (Lipinski definition) is 1. The molecule has 0 radical (unpaired) electrons. The van der Waals surface area contributed by atoms with Crippen molar-refractivity contribution in [3.8, 4) is 11.1 Å². The van der Waals surface area contributed by atoms with Gasteiger partial charge in [0.25, 0.3) is 0 Å². The first-order valence-electron chi connectivity index (χ1n) is 13.1. The molecule has 0 saturated heterocycles. The summed E-state index contributed by atoms with van der Waals surface area (Å²) >= 11 is 0. The lowest BCUT2D eigenvalue weighted by molar-refractivity contribution is -0.148. The van der Waals surface area contributed by atoms with Crippen LogP contribution in [0, 0.1) is 19.8 Å². The molecule has 0 aliphatic heterocycles. The molecule has 0 aliphatic carbocycles. The second-order valence-corrected chi connectivity index (χ2v) is 10.1. The Bertz CT molecular complexity index is 1330. The van der Waals surface area contributed by atoms with Gasteiger partial charge in [-0.15, -0.1) is 0 Å². The first kappa shape index (κ1) is 25.7. The highest BCUT2D eigenvalue weighted by Gasteiger charge is 2.33. The molecule has 4 nitrogen and oxygen atoms in total. The zero-order chi connectivity index (χ0) is 25.8. The number of rotatable bonds is 9. The van der Waals surface area contributed by atoms with Crippen molar-refractivity contribution in [3.05, 3.63) is 88.9 Å². The smallest absolute Gasteiger partial charge is 0.309 e. The lowest BCUT2D eigenvalue weighted by atomic mass is 9.76. The summed E-state index contributed by atoms with van der Waals surface area (Å²) in [5.41, 5.74) is 9.62. The fourth-order valence-corrected chi connectivity index (χ4v) is 5.59. The summed E-state index contributed by atoms with van der Waals surface area (Å²) in [4.78, 5) is 21.0. The van der Waals surface area contributed by atoms with Crippen LogP contribution in [0.25, 0.3) is 22.0 Å². The van der Waals surface area contributed by atoms with Gasteiger partial charge in [-0.2, -0.15) is 0 Å². The Labute approximate surface area is 215 Å². The Balaban J connectivity index is 1.99. The van der Waals surface area contributed by atoms with E-state index in [1.165, 1.54) is 27.8 Å². The largest absolute Gasteiger partial charge is 0.466 e. The number of esters is 1. The van der Waals surface area contributed by atoms with Gasteiger partial charge < -0.3 is 9.72 Å². The molecule has 0 fully saturated rings. The standard InChI is InChI=1S/C32H38N2O2/c1-7-10-26(32(35)36-8-2)31(28-18-34-29-19-33-16-15-25(28)29)23-13-14-24(20(3)4)27(17-23)30-21(5)11-9-12-22(30)6/h9,11-20,26,31,34H,7-8,10H2,1-6H3. The number of pyridine rings is 1. The van der Waals surface area contributed by atoms with Gasteiger partial charge in [0, 0.05) is 23.7 Å². The second-order valence-electron chi connectivity index (χ2n) is 10.1. The van der Waals surface area contributed by atoms with Crippen LogP contribution in [0.2, 0.25) is 0 Å². The highest BCUT2D eigenvalue weighted by Crippen LogP contribution is 2.42. The summed E-state index contributed by atoms with van der Waals surface area (Å²) in [6, 6.07) is 15.3. The molecule has 188 valence electrons. The molecule has 0 spiro atoms. The average molecular weight is 483 g/mol. The SMILES string of the molecule is CCCC(C(=O)OCC)C(c1ccc(C(C)C)c(-c2c(C)cccc2C)c1)c1c[nH]c2cnccc12. The number of nitrogens with one attached hydrogen (secondary N) is 1. The van der Waals surface area contributed by atoms with E-state index in [1.807, 2.05) is 31.6 Å². The minimum atomic E-state index is -0.280. The predicted molar refractivity (Wildman–Crippen MR) is 148 cm³/mol. The first-order chi connectivity index (χ1) is 17.4. The molecule has 4 heteroatoms. The third-order valence-electron chi connectivity index (χ3n) is 7.25. The van der Waals surface area contributed by atoms with Crippen molar-refractivity contribution in [2.45, 2.75) is 66.2 Å². The number of benzene rings is 2. The molecule has 2 aromatic carbocycles. The lowest BCUT2D eigenvalue weighted by Gasteiger charge is -2.28. The topological polar surface area (TPSA) is 55.0 Å². The molecule has 2 aromatic heterocycles. The van der Waals surface area contributed by atoms with E-state index in [-0.39, 0.29) is 17.8 Å². The second kappa shape index (κ2) is 11.1. The third-order valence-corrected chi connectivity index (χ3v) is 7.25. The van der Waals surface area contributed by atoms with Crippen molar-refractivity contribution >= 4 is 16.9 Å². The number of carbonyl (C=O) groups is 1. The van der Waals surface area contributed by atoms with Crippen LogP contribution in [0.4, 0.5) is 0 Å². The number of aromatic amines is 1. The Morgan fingerprint density at radius 3 is 2.44 bits per heavy atom. The molecule has 0 amide bonds. The van der Waals surface area contributed by atoms with Gasteiger partial charge in [-0.25, -0.2) is 0 Å². The van der Waals surface area contributed by atoms with Crippen molar-refractivity contribution in [1.82, 2.24) is 9.97 Å². The number of ether oxygens (including phenoxy) is 1. The highest BCUT2D eigenvalue weighted by atomic mass is 16.5. The van der Waals surface area contributed by atoms with Crippen molar-refractivity contribution in [1.29, 1.82) is 0 Å². The number of aromatic nitrogens is 2. The van der Waals surface area contributed by atoms with E-state index in [0.717, 1.165) is 34.9 Å². The predicted octanol–water partition coefficient (Wildman–Crippen LogP) is 8.08. The van der Waals surface area contributed by atoms with Crippen LogP contribution in [0.3, 0.4) is 0 Å². The van der Waals surface area contributed by atoms with Gasteiger partial charge in [-0.05, 0) is 78.1 Å². The van der Waals surface area contributed by atoms with Crippen molar-refractivity contribution in [3.63, 3.8) is 0 Å². The van der Waals surface area contributed by atoms with E-state index in [0.29, 0.717) is 12.5 Å². The maximum Gasteiger partial charge on any atom is 0.309 e. The van der Waals surface area contributed by atoms with Gasteiger partial charge in [0.15, 0.2) is 0 Å². The molecule has 0 saturated carbocycles. The number of hydrogen-bond acceptors (Lipinski definition) is 3. The summed E-state index contributed by atoms with van der Waals surface area (Å²) in [7, 11) is 0. The zero-order valence-corrected chi connectivity index (χ0v) is 22.4. The van der Waals surface area contributed by atoms with Crippen LogP contribution >= 0.6 is 0 Å². The fourth-order valence-electron chi connectivity index (χ4n) is 5.59. The third kappa shape index (κ3) is 4.95. The van der Waals surface area contributed by atoms with Crippen LogP contribution in [-0.2, 0) is 9.53 Å². The molecule has 4 rings (SSSR count). The summed E-state index contributed by atoms with van der Waals surface area (Å²) in [5, 5.41) is 1.10. The molecule has 2 unspecified atom stereocenters. The minimum Gasteiger partial charge on any atom is -0.466 e. The molecular weight excluding hydrogens is 444 g/mol. The van der Waals surface area contributed by atoms with Gasteiger partial charge in [0.1, 0.15) is 0 Å². The van der Waals surface area contributed by atoms with E-state index in [9.17, 15) is 4.79 Å². The molecule has 0 bridgehead atoms. The van der Waals surface area contributed by atoms with E-state index in [4.69, 9.17) is 4.74 Å². The lowest BCUT2D eigenvalue weighted by Crippen LogP contribution is -2.25. The van der Waals surface area contributed by atoms with E-state index in [2.05, 4.69) is 81.0 Å². The average Bonchev–Trinajstić information content (AvgIpc) is 3.27. The maximum absolute atomic E-state index is 13.4. The van der Waals surface area contributed by atoms with Crippen LogP contribution in [-0.4, -0.2) is 22.5 Å². The summed E-state index contributed by atoms with van der Waals surface area (Å²) in [6.45, 7) is 13.2. The minimum absolute atomic E-state index is 0.130. The van der Waals surface area contributed by atoms with Gasteiger partial charge >= 0.3 is 5.97 Å². The Morgan fingerprint density at radius 2 is 1.78 bits per heavy atom. The molecule has 4 aromatic rings. The van der Waals surface area contributed by atoms with E-state index >= 15 is 0 Å². The number of carbonyl (C=O) groups excluding carboxylic acids is 1. The zero-order valence-electron chi connectivity index (χ0n) is 22.4. The molecule has 2 atom stereocenters. The van der Waals surface area contributed by atoms with Gasteiger partial charge in [0.05, 0.1) is 24.2 Å². The van der Waals surface area contributed by atoms with Crippen LogP contribution in [0.15, 0.2) is 61.1 Å². The normalized spacial score (nSPS) is 13.2.